The number of para-hydroxylation sites is 1. The third-order valence-corrected chi connectivity index (χ3v) is 5.65. The number of hydrogen-bond acceptors (Lipinski definition) is 3. The maximum atomic E-state index is 12.8. The standard InChI is InChI=1S/C19H21N3O2/c23-19-18-11-15(12-24-17-4-2-1-3-5-17)20-22(18)7-6-21(19)16-9-13-8-14(13)10-16/h1-5,11,13-14,16H,6-10,12H2/t13-,14+,16?. The Balaban J connectivity index is 1.29. The monoisotopic (exact) mass is 323 g/mol. The van der Waals surface area contributed by atoms with Crippen molar-refractivity contribution < 1.29 is 9.53 Å². The number of carbonyl (C=O) groups is 1. The largest absolute Gasteiger partial charge is 0.487 e. The number of hydrogen-bond donors (Lipinski definition) is 0. The zero-order chi connectivity index (χ0) is 16.1. The van der Waals surface area contributed by atoms with Crippen LogP contribution < -0.4 is 4.74 Å². The van der Waals surface area contributed by atoms with Crippen LogP contribution in [0.5, 0.6) is 5.75 Å². The number of ether oxygens (including phenoxy) is 1. The second kappa shape index (κ2) is 5.36. The van der Waals surface area contributed by atoms with Crippen LogP contribution in [0.3, 0.4) is 0 Å². The number of aromatic nitrogens is 2. The van der Waals surface area contributed by atoms with E-state index in [2.05, 4.69) is 10.00 Å². The molecule has 124 valence electrons. The molecule has 2 aliphatic carbocycles. The Morgan fingerprint density at radius 3 is 2.67 bits per heavy atom. The molecule has 2 saturated carbocycles. The van der Waals surface area contributed by atoms with Gasteiger partial charge in [0.25, 0.3) is 5.91 Å². The Morgan fingerprint density at radius 2 is 1.88 bits per heavy atom. The second-order valence-corrected chi connectivity index (χ2v) is 7.23. The van der Waals surface area contributed by atoms with Gasteiger partial charge >= 0.3 is 0 Å². The van der Waals surface area contributed by atoms with Gasteiger partial charge in [-0.1, -0.05) is 18.2 Å². The quantitative estimate of drug-likeness (QED) is 0.869. The molecule has 24 heavy (non-hydrogen) atoms. The van der Waals surface area contributed by atoms with Crippen molar-refractivity contribution in [2.45, 2.75) is 38.5 Å². The third-order valence-electron chi connectivity index (χ3n) is 5.65. The zero-order valence-corrected chi connectivity index (χ0v) is 13.6. The highest BCUT2D eigenvalue weighted by Gasteiger charge is 2.49. The predicted molar refractivity (Wildman–Crippen MR) is 88.7 cm³/mol. The number of rotatable bonds is 4. The van der Waals surface area contributed by atoms with Gasteiger partial charge in [-0.05, 0) is 49.3 Å². The molecule has 0 N–H and O–H groups in total. The van der Waals surface area contributed by atoms with E-state index in [1.807, 2.05) is 41.1 Å². The fourth-order valence-electron chi connectivity index (χ4n) is 4.29. The van der Waals surface area contributed by atoms with E-state index in [0.29, 0.717) is 18.3 Å². The third kappa shape index (κ3) is 2.39. The first-order valence-corrected chi connectivity index (χ1v) is 8.83. The van der Waals surface area contributed by atoms with Gasteiger partial charge in [-0.15, -0.1) is 0 Å². The molecule has 0 radical (unpaired) electrons. The van der Waals surface area contributed by atoms with Crippen molar-refractivity contribution in [2.24, 2.45) is 11.8 Å². The minimum absolute atomic E-state index is 0.144. The summed E-state index contributed by atoms with van der Waals surface area (Å²) in [6.45, 7) is 1.97. The number of benzene rings is 1. The van der Waals surface area contributed by atoms with E-state index in [1.54, 1.807) is 0 Å². The van der Waals surface area contributed by atoms with Gasteiger partial charge in [0, 0.05) is 12.6 Å². The maximum absolute atomic E-state index is 12.8. The van der Waals surface area contributed by atoms with Crippen LogP contribution in [0.1, 0.15) is 35.4 Å². The first-order valence-electron chi connectivity index (χ1n) is 8.83. The van der Waals surface area contributed by atoms with Crippen molar-refractivity contribution in [3.8, 4) is 5.75 Å². The Bertz CT molecular complexity index is 760. The summed E-state index contributed by atoms with van der Waals surface area (Å²) in [5.74, 6) is 2.75. The zero-order valence-electron chi connectivity index (χ0n) is 13.6. The summed E-state index contributed by atoms with van der Waals surface area (Å²) >= 11 is 0. The molecule has 1 aromatic carbocycles. The highest BCUT2D eigenvalue weighted by Crippen LogP contribution is 2.53. The Morgan fingerprint density at radius 1 is 1.08 bits per heavy atom. The van der Waals surface area contributed by atoms with Crippen molar-refractivity contribution in [2.75, 3.05) is 6.54 Å². The first kappa shape index (κ1) is 14.1. The van der Waals surface area contributed by atoms with E-state index in [4.69, 9.17) is 4.74 Å². The van der Waals surface area contributed by atoms with Crippen LogP contribution in [0.15, 0.2) is 36.4 Å². The van der Waals surface area contributed by atoms with Crippen LogP contribution in [0, 0.1) is 11.8 Å². The minimum atomic E-state index is 0.144. The molecule has 5 rings (SSSR count). The van der Waals surface area contributed by atoms with E-state index >= 15 is 0 Å². The van der Waals surface area contributed by atoms with Gasteiger partial charge in [0.05, 0.1) is 6.54 Å². The van der Waals surface area contributed by atoms with Gasteiger partial charge in [0.1, 0.15) is 23.7 Å². The van der Waals surface area contributed by atoms with Crippen LogP contribution in [-0.2, 0) is 13.2 Å². The van der Waals surface area contributed by atoms with Gasteiger partial charge < -0.3 is 9.64 Å². The van der Waals surface area contributed by atoms with Crippen LogP contribution in [0.2, 0.25) is 0 Å². The number of nitrogens with zero attached hydrogens (tertiary/aromatic N) is 3. The van der Waals surface area contributed by atoms with Crippen molar-refractivity contribution in [3.63, 3.8) is 0 Å². The van der Waals surface area contributed by atoms with Crippen LogP contribution in [-0.4, -0.2) is 33.2 Å². The predicted octanol–water partition coefficient (Wildman–Crippen LogP) is 2.72. The lowest BCUT2D eigenvalue weighted by molar-refractivity contribution is 0.0602. The van der Waals surface area contributed by atoms with E-state index in [1.165, 1.54) is 19.3 Å². The number of fused-ring (bicyclic) bond motifs is 2. The molecule has 2 aromatic rings. The lowest BCUT2D eigenvalue weighted by Gasteiger charge is -2.33. The normalized spacial score (nSPS) is 27.8. The molecule has 1 aliphatic heterocycles. The van der Waals surface area contributed by atoms with Gasteiger partial charge in [-0.3, -0.25) is 9.48 Å². The topological polar surface area (TPSA) is 47.4 Å². The van der Waals surface area contributed by atoms with Crippen LogP contribution in [0.4, 0.5) is 0 Å². The smallest absolute Gasteiger partial charge is 0.272 e. The summed E-state index contributed by atoms with van der Waals surface area (Å²) < 4.78 is 7.60. The Hall–Kier alpha value is -2.30. The molecule has 0 spiro atoms. The second-order valence-electron chi connectivity index (χ2n) is 7.23. The molecule has 5 heteroatoms. The molecule has 2 fully saturated rings. The molecule has 0 bridgehead atoms. The summed E-state index contributed by atoms with van der Waals surface area (Å²) in [6, 6.07) is 12.1. The maximum Gasteiger partial charge on any atom is 0.272 e. The molecule has 1 aromatic heterocycles. The lowest BCUT2D eigenvalue weighted by atomic mass is 10.1. The molecule has 3 aliphatic rings. The average molecular weight is 323 g/mol. The Labute approximate surface area is 141 Å². The van der Waals surface area contributed by atoms with Crippen LogP contribution >= 0.6 is 0 Å². The average Bonchev–Trinajstić information content (AvgIpc) is 3.04. The van der Waals surface area contributed by atoms with E-state index in [0.717, 1.165) is 36.4 Å². The van der Waals surface area contributed by atoms with E-state index in [9.17, 15) is 4.79 Å². The highest BCUT2D eigenvalue weighted by molar-refractivity contribution is 5.93. The molecular weight excluding hydrogens is 302 g/mol. The van der Waals surface area contributed by atoms with Gasteiger partial charge in [-0.2, -0.15) is 5.10 Å². The van der Waals surface area contributed by atoms with Crippen molar-refractivity contribution in [3.05, 3.63) is 47.8 Å². The Kier molecular flexibility index (Phi) is 3.15. The number of amides is 1. The molecule has 1 unspecified atom stereocenters. The van der Waals surface area contributed by atoms with Gasteiger partial charge in [0.2, 0.25) is 0 Å². The fourth-order valence-corrected chi connectivity index (χ4v) is 4.29. The summed E-state index contributed by atoms with van der Waals surface area (Å²) in [7, 11) is 0. The van der Waals surface area contributed by atoms with Crippen LogP contribution in [0.25, 0.3) is 0 Å². The summed E-state index contributed by atoms with van der Waals surface area (Å²) in [6.07, 6.45) is 3.79. The fraction of sp³-hybridized carbons (Fsp3) is 0.474. The van der Waals surface area contributed by atoms with E-state index < -0.39 is 0 Å². The van der Waals surface area contributed by atoms with E-state index in [-0.39, 0.29) is 5.91 Å². The highest BCUT2D eigenvalue weighted by atomic mass is 16.5. The van der Waals surface area contributed by atoms with Crippen molar-refractivity contribution in [1.29, 1.82) is 0 Å². The van der Waals surface area contributed by atoms with Gasteiger partial charge in [0.15, 0.2) is 0 Å². The van der Waals surface area contributed by atoms with Crippen molar-refractivity contribution >= 4 is 5.91 Å². The molecule has 0 saturated heterocycles. The summed E-state index contributed by atoms with van der Waals surface area (Å²) in [5.41, 5.74) is 1.53. The van der Waals surface area contributed by atoms with Crippen molar-refractivity contribution in [1.82, 2.24) is 14.7 Å². The molecule has 5 nitrogen and oxygen atoms in total. The molecule has 2 heterocycles. The number of carbonyl (C=O) groups excluding carboxylic acids is 1. The summed E-state index contributed by atoms with van der Waals surface area (Å²) in [4.78, 5) is 14.9. The molecule has 1 amide bonds. The van der Waals surface area contributed by atoms with Gasteiger partial charge in [-0.25, -0.2) is 0 Å². The summed E-state index contributed by atoms with van der Waals surface area (Å²) in [5, 5.41) is 4.55. The SMILES string of the molecule is O=C1c2cc(COc3ccccc3)nn2CCN1C1C[C@@H]2C[C@@H]2C1. The molecule has 3 atom stereocenters. The minimum Gasteiger partial charge on any atom is -0.487 e. The molecular formula is C19H21N3O2. The first-order chi connectivity index (χ1) is 11.8. The lowest BCUT2D eigenvalue weighted by Crippen LogP contribution is -2.46.